The van der Waals surface area contributed by atoms with E-state index in [2.05, 4.69) is 0 Å². The monoisotopic (exact) mass is 386 g/mol. The number of amides is 1. The third-order valence-corrected chi connectivity index (χ3v) is 5.85. The molecule has 0 spiro atoms. The minimum atomic E-state index is 0.0228. The Balaban J connectivity index is 1.96. The SMILES string of the molecule is CC(C)N(C(=O)SCCCn1c(=O)sc2ccc(Cl)cc21)C(C)C. The Morgan fingerprint density at radius 1 is 1.29 bits per heavy atom. The van der Waals surface area contributed by atoms with Crippen molar-refractivity contribution in [2.75, 3.05) is 5.75 Å². The average Bonchev–Trinajstić information content (AvgIpc) is 2.78. The molecule has 4 nitrogen and oxygen atoms in total. The van der Waals surface area contributed by atoms with Crippen LogP contribution in [0.2, 0.25) is 5.02 Å². The Labute approximate surface area is 155 Å². The molecule has 0 saturated carbocycles. The van der Waals surface area contributed by atoms with E-state index in [1.807, 2.05) is 44.7 Å². The first-order valence-corrected chi connectivity index (χ1v) is 10.2. The maximum absolute atomic E-state index is 12.3. The van der Waals surface area contributed by atoms with Crippen LogP contribution in [0, 0.1) is 0 Å². The quantitative estimate of drug-likeness (QED) is 0.650. The summed E-state index contributed by atoms with van der Waals surface area (Å²) >= 11 is 8.59. The zero-order chi connectivity index (χ0) is 17.9. The van der Waals surface area contributed by atoms with Gasteiger partial charge in [0.05, 0.1) is 10.2 Å². The molecule has 0 N–H and O–H groups in total. The molecule has 0 aliphatic carbocycles. The number of aryl methyl sites for hydroxylation is 1. The third kappa shape index (κ3) is 4.55. The van der Waals surface area contributed by atoms with Gasteiger partial charge in [0.15, 0.2) is 0 Å². The van der Waals surface area contributed by atoms with Crippen LogP contribution in [-0.2, 0) is 6.54 Å². The van der Waals surface area contributed by atoms with Crippen molar-refractivity contribution in [1.29, 1.82) is 0 Å². The molecule has 0 radical (unpaired) electrons. The fourth-order valence-electron chi connectivity index (χ4n) is 2.72. The standard InChI is InChI=1S/C17H23ClN2O2S2/c1-11(2)20(12(3)4)17(22)23-9-5-8-19-14-10-13(18)6-7-15(14)24-16(19)21/h6-7,10-12H,5,8-9H2,1-4H3. The summed E-state index contributed by atoms with van der Waals surface area (Å²) in [7, 11) is 0. The fraction of sp³-hybridized carbons (Fsp3) is 0.529. The van der Waals surface area contributed by atoms with Gasteiger partial charge in [0, 0.05) is 29.4 Å². The number of nitrogens with zero attached hydrogens (tertiary/aromatic N) is 2. The van der Waals surface area contributed by atoms with Crippen LogP contribution in [0.15, 0.2) is 23.0 Å². The number of carbonyl (C=O) groups is 1. The Morgan fingerprint density at radius 3 is 2.58 bits per heavy atom. The largest absolute Gasteiger partial charge is 0.329 e. The molecular formula is C17H23ClN2O2S2. The van der Waals surface area contributed by atoms with Gasteiger partial charge in [-0.15, -0.1) is 0 Å². The number of benzene rings is 1. The van der Waals surface area contributed by atoms with E-state index in [-0.39, 0.29) is 22.2 Å². The van der Waals surface area contributed by atoms with Crippen molar-refractivity contribution in [3.63, 3.8) is 0 Å². The summed E-state index contributed by atoms with van der Waals surface area (Å²) in [5, 5.41) is 0.730. The minimum Gasteiger partial charge on any atom is -0.329 e. The molecule has 132 valence electrons. The van der Waals surface area contributed by atoms with Gasteiger partial charge in [-0.2, -0.15) is 0 Å². The Bertz CT molecular complexity index is 760. The molecule has 0 aliphatic rings. The first-order valence-electron chi connectivity index (χ1n) is 8.05. The van der Waals surface area contributed by atoms with Gasteiger partial charge in [-0.25, -0.2) is 0 Å². The number of hydrogen-bond donors (Lipinski definition) is 0. The number of aromatic nitrogens is 1. The summed E-state index contributed by atoms with van der Waals surface area (Å²) in [5.74, 6) is 0.694. The molecular weight excluding hydrogens is 364 g/mol. The van der Waals surface area contributed by atoms with Gasteiger partial charge in [-0.1, -0.05) is 34.7 Å². The van der Waals surface area contributed by atoms with Crippen LogP contribution in [0.25, 0.3) is 10.2 Å². The lowest BCUT2D eigenvalue weighted by molar-refractivity contribution is 0.190. The van der Waals surface area contributed by atoms with Crippen molar-refractivity contribution in [3.8, 4) is 0 Å². The van der Waals surface area contributed by atoms with Crippen LogP contribution < -0.4 is 4.87 Å². The van der Waals surface area contributed by atoms with Crippen molar-refractivity contribution in [3.05, 3.63) is 32.9 Å². The van der Waals surface area contributed by atoms with Gasteiger partial charge >= 0.3 is 4.87 Å². The van der Waals surface area contributed by atoms with E-state index in [4.69, 9.17) is 11.6 Å². The lowest BCUT2D eigenvalue weighted by Crippen LogP contribution is -2.39. The van der Waals surface area contributed by atoms with Gasteiger partial charge in [-0.3, -0.25) is 14.2 Å². The predicted octanol–water partition coefficient (Wildman–Crippen LogP) is 5.08. The summed E-state index contributed by atoms with van der Waals surface area (Å²) in [6, 6.07) is 5.88. The minimum absolute atomic E-state index is 0.0228. The second-order valence-corrected chi connectivity index (χ2v) is 8.67. The van der Waals surface area contributed by atoms with Crippen LogP contribution in [0.4, 0.5) is 4.79 Å². The summed E-state index contributed by atoms with van der Waals surface area (Å²) in [4.78, 5) is 26.3. The summed E-state index contributed by atoms with van der Waals surface area (Å²) < 4.78 is 2.69. The molecule has 2 aromatic rings. The summed E-state index contributed by atoms with van der Waals surface area (Å²) in [6.45, 7) is 8.71. The Kier molecular flexibility index (Phi) is 6.78. The van der Waals surface area contributed by atoms with Crippen molar-refractivity contribution >= 4 is 50.2 Å². The highest BCUT2D eigenvalue weighted by Crippen LogP contribution is 2.22. The van der Waals surface area contributed by atoms with E-state index in [1.54, 1.807) is 10.6 Å². The number of fused-ring (bicyclic) bond motifs is 1. The average molecular weight is 387 g/mol. The molecule has 2 rings (SSSR count). The van der Waals surface area contributed by atoms with Crippen LogP contribution >= 0.6 is 34.7 Å². The van der Waals surface area contributed by atoms with Crippen LogP contribution in [-0.4, -0.2) is 32.5 Å². The highest BCUT2D eigenvalue weighted by Gasteiger charge is 2.20. The van der Waals surface area contributed by atoms with Crippen LogP contribution in [0.1, 0.15) is 34.1 Å². The molecule has 24 heavy (non-hydrogen) atoms. The Hall–Kier alpha value is -0.980. The molecule has 1 amide bonds. The van der Waals surface area contributed by atoms with Gasteiger partial charge < -0.3 is 4.90 Å². The highest BCUT2D eigenvalue weighted by molar-refractivity contribution is 8.13. The number of thioether (sulfide) groups is 1. The molecule has 1 heterocycles. The van der Waals surface area contributed by atoms with Crippen molar-refractivity contribution in [2.24, 2.45) is 0 Å². The van der Waals surface area contributed by atoms with Crippen molar-refractivity contribution in [1.82, 2.24) is 9.47 Å². The van der Waals surface area contributed by atoms with Gasteiger partial charge in [0.1, 0.15) is 0 Å². The van der Waals surface area contributed by atoms with E-state index in [1.165, 1.54) is 23.1 Å². The fourth-order valence-corrected chi connectivity index (χ4v) is 4.80. The number of thiazole rings is 1. The number of halogens is 1. The summed E-state index contributed by atoms with van der Waals surface area (Å²) in [5.41, 5.74) is 0.875. The van der Waals surface area contributed by atoms with E-state index in [9.17, 15) is 9.59 Å². The molecule has 0 bridgehead atoms. The predicted molar refractivity (Wildman–Crippen MR) is 106 cm³/mol. The maximum Gasteiger partial charge on any atom is 0.308 e. The number of hydrogen-bond acceptors (Lipinski definition) is 4. The molecule has 0 unspecified atom stereocenters. The van der Waals surface area contributed by atoms with Gasteiger partial charge in [-0.05, 0) is 52.3 Å². The molecule has 0 saturated heterocycles. The lowest BCUT2D eigenvalue weighted by Gasteiger charge is -2.30. The van der Waals surface area contributed by atoms with Crippen LogP contribution in [0.3, 0.4) is 0 Å². The normalized spacial score (nSPS) is 11.6. The first-order chi connectivity index (χ1) is 11.3. The second-order valence-electron chi connectivity index (χ2n) is 6.19. The van der Waals surface area contributed by atoms with E-state index >= 15 is 0 Å². The highest BCUT2D eigenvalue weighted by atomic mass is 35.5. The van der Waals surface area contributed by atoms with Gasteiger partial charge in [0.2, 0.25) is 0 Å². The van der Waals surface area contributed by atoms with Gasteiger partial charge in [0.25, 0.3) is 5.24 Å². The first kappa shape index (κ1) is 19.3. The van der Waals surface area contributed by atoms with E-state index in [0.717, 1.165) is 16.6 Å². The summed E-state index contributed by atoms with van der Waals surface area (Å²) in [6.07, 6.45) is 0.763. The molecule has 7 heteroatoms. The van der Waals surface area contributed by atoms with Crippen LogP contribution in [0.5, 0.6) is 0 Å². The lowest BCUT2D eigenvalue weighted by atomic mass is 10.2. The van der Waals surface area contributed by atoms with E-state index in [0.29, 0.717) is 17.3 Å². The van der Waals surface area contributed by atoms with E-state index < -0.39 is 0 Å². The molecule has 1 aromatic carbocycles. The zero-order valence-corrected chi connectivity index (χ0v) is 16.8. The van der Waals surface area contributed by atoms with Crippen molar-refractivity contribution < 1.29 is 4.79 Å². The maximum atomic E-state index is 12.3. The Morgan fingerprint density at radius 2 is 1.96 bits per heavy atom. The second kappa shape index (κ2) is 8.41. The molecule has 0 fully saturated rings. The molecule has 0 aliphatic heterocycles. The molecule has 1 aromatic heterocycles. The number of rotatable bonds is 6. The zero-order valence-electron chi connectivity index (χ0n) is 14.4. The number of carbonyl (C=O) groups excluding carboxylic acids is 1. The smallest absolute Gasteiger partial charge is 0.308 e. The van der Waals surface area contributed by atoms with Crippen molar-refractivity contribution in [2.45, 2.75) is 52.7 Å². The third-order valence-electron chi connectivity index (χ3n) is 3.70. The molecule has 0 atom stereocenters. The topological polar surface area (TPSA) is 42.3 Å².